The lowest BCUT2D eigenvalue weighted by Crippen LogP contribution is -2.29. The van der Waals surface area contributed by atoms with Crippen molar-refractivity contribution in [2.24, 2.45) is 0 Å². The Morgan fingerprint density at radius 1 is 1.10 bits per heavy atom. The fraction of sp³-hybridized carbons (Fsp3) is 0.130. The number of carbonyl (C=O) groups is 2. The molecule has 1 aromatic heterocycles. The number of hydrogen-bond acceptors (Lipinski definition) is 6. The summed E-state index contributed by atoms with van der Waals surface area (Å²) in [7, 11) is 1.53. The topological polar surface area (TPSA) is 87.1 Å². The number of nitrogens with zero attached hydrogens (tertiary/aromatic N) is 1. The van der Waals surface area contributed by atoms with Gasteiger partial charge in [-0.05, 0) is 60.3 Å². The van der Waals surface area contributed by atoms with Gasteiger partial charge in [0.2, 0.25) is 0 Å². The van der Waals surface area contributed by atoms with E-state index in [1.54, 1.807) is 42.5 Å². The highest BCUT2D eigenvalue weighted by Gasteiger charge is 2.48. The standard InChI is InChI=1S/C23H19NO5S/c1-13-5-10-17(25)16(12-13)24-20(18-4-3-11-30-18)19(22(27)23(24)28)21(26)14-6-8-15(29-2)9-7-14/h3-12,20,25-26H,1-2H3/b21-19-. The fourth-order valence-electron chi connectivity index (χ4n) is 3.53. The molecule has 1 fully saturated rings. The molecule has 7 heteroatoms. The van der Waals surface area contributed by atoms with E-state index in [0.717, 1.165) is 5.56 Å². The molecule has 0 radical (unpaired) electrons. The summed E-state index contributed by atoms with van der Waals surface area (Å²) in [5.41, 5.74) is 1.42. The second kappa shape index (κ2) is 7.68. The zero-order valence-corrected chi connectivity index (χ0v) is 17.1. The molecule has 1 amide bonds. The van der Waals surface area contributed by atoms with Gasteiger partial charge in [0, 0.05) is 10.4 Å². The molecule has 1 aliphatic heterocycles. The number of rotatable bonds is 4. The number of aliphatic hydroxyl groups excluding tert-OH is 1. The number of methoxy groups -OCH3 is 1. The monoisotopic (exact) mass is 421 g/mol. The molecular weight excluding hydrogens is 402 g/mol. The average Bonchev–Trinajstić information content (AvgIpc) is 3.37. The summed E-state index contributed by atoms with van der Waals surface area (Å²) >= 11 is 1.36. The zero-order valence-electron chi connectivity index (χ0n) is 16.3. The first-order valence-corrected chi connectivity index (χ1v) is 10.1. The number of ether oxygens (including phenoxy) is 1. The maximum Gasteiger partial charge on any atom is 0.300 e. The van der Waals surface area contributed by atoms with Crippen LogP contribution in [0.1, 0.15) is 22.0 Å². The number of phenolic OH excluding ortho intramolecular Hbond substituents is 1. The summed E-state index contributed by atoms with van der Waals surface area (Å²) in [6, 6.07) is 14.2. The molecule has 6 nitrogen and oxygen atoms in total. The van der Waals surface area contributed by atoms with Crippen molar-refractivity contribution in [3.05, 3.63) is 81.6 Å². The number of hydrogen-bond donors (Lipinski definition) is 2. The number of anilines is 1. The lowest BCUT2D eigenvalue weighted by atomic mass is 9.99. The molecule has 2 aromatic carbocycles. The Kier molecular flexibility index (Phi) is 5.05. The maximum absolute atomic E-state index is 13.0. The molecule has 1 unspecified atom stereocenters. The van der Waals surface area contributed by atoms with Gasteiger partial charge in [-0.2, -0.15) is 0 Å². The van der Waals surface area contributed by atoms with E-state index in [1.807, 2.05) is 18.4 Å². The van der Waals surface area contributed by atoms with E-state index in [4.69, 9.17) is 4.74 Å². The Balaban J connectivity index is 1.92. The van der Waals surface area contributed by atoms with Crippen molar-refractivity contribution in [3.63, 3.8) is 0 Å². The van der Waals surface area contributed by atoms with Gasteiger partial charge in [-0.15, -0.1) is 11.3 Å². The van der Waals surface area contributed by atoms with Gasteiger partial charge in [0.25, 0.3) is 11.7 Å². The molecule has 3 aromatic rings. The summed E-state index contributed by atoms with van der Waals surface area (Å²) in [5, 5.41) is 23.3. The van der Waals surface area contributed by atoms with Crippen LogP contribution in [0.15, 0.2) is 65.6 Å². The van der Waals surface area contributed by atoms with Crippen LogP contribution >= 0.6 is 11.3 Å². The number of carbonyl (C=O) groups excluding carboxylic acids is 2. The predicted molar refractivity (Wildman–Crippen MR) is 115 cm³/mol. The third-order valence-electron chi connectivity index (χ3n) is 5.01. The number of thiophene rings is 1. The van der Waals surface area contributed by atoms with Gasteiger partial charge in [-0.1, -0.05) is 12.1 Å². The maximum atomic E-state index is 13.0. The number of phenols is 1. The van der Waals surface area contributed by atoms with Gasteiger partial charge in [-0.25, -0.2) is 0 Å². The van der Waals surface area contributed by atoms with E-state index < -0.39 is 17.7 Å². The number of aliphatic hydroxyl groups is 1. The fourth-order valence-corrected chi connectivity index (χ4v) is 4.35. The van der Waals surface area contributed by atoms with Gasteiger partial charge >= 0.3 is 0 Å². The molecule has 0 aliphatic carbocycles. The Bertz CT molecular complexity index is 1150. The number of amides is 1. The van der Waals surface area contributed by atoms with E-state index in [2.05, 4.69) is 0 Å². The van der Waals surface area contributed by atoms with E-state index in [1.165, 1.54) is 29.4 Å². The second-order valence-corrected chi connectivity index (χ2v) is 7.88. The lowest BCUT2D eigenvalue weighted by Gasteiger charge is -2.25. The van der Waals surface area contributed by atoms with Crippen LogP contribution in [0, 0.1) is 6.92 Å². The van der Waals surface area contributed by atoms with Crippen LogP contribution in [0.25, 0.3) is 5.76 Å². The third kappa shape index (κ3) is 3.23. The SMILES string of the molecule is COc1ccc(/C(O)=C2/C(=O)C(=O)N(c3cc(C)ccc3O)C2c2cccs2)cc1. The Morgan fingerprint density at radius 2 is 1.83 bits per heavy atom. The van der Waals surface area contributed by atoms with Crippen LogP contribution in [0.3, 0.4) is 0 Å². The third-order valence-corrected chi connectivity index (χ3v) is 5.94. The molecule has 1 atom stereocenters. The zero-order chi connectivity index (χ0) is 21.4. The number of Topliss-reactive ketones (excluding diaryl/α,β-unsaturated/α-hetero) is 1. The molecule has 152 valence electrons. The molecular formula is C23H19NO5S. The Morgan fingerprint density at radius 3 is 2.47 bits per heavy atom. The Labute approximate surface area is 177 Å². The molecule has 1 saturated heterocycles. The van der Waals surface area contributed by atoms with Crippen molar-refractivity contribution < 1.29 is 24.5 Å². The first-order valence-electron chi connectivity index (χ1n) is 9.21. The highest BCUT2D eigenvalue weighted by molar-refractivity contribution is 7.10. The molecule has 2 heterocycles. The minimum atomic E-state index is -0.847. The van der Waals surface area contributed by atoms with E-state index in [0.29, 0.717) is 16.2 Å². The number of aryl methyl sites for hydroxylation is 1. The van der Waals surface area contributed by atoms with Gasteiger partial charge in [0.05, 0.1) is 18.4 Å². The van der Waals surface area contributed by atoms with Crippen molar-refractivity contribution in [2.75, 3.05) is 12.0 Å². The quantitative estimate of drug-likeness (QED) is 0.370. The van der Waals surface area contributed by atoms with Crippen molar-refractivity contribution >= 4 is 34.5 Å². The van der Waals surface area contributed by atoms with Gasteiger partial charge in [-0.3, -0.25) is 14.5 Å². The van der Waals surface area contributed by atoms with Crippen molar-refractivity contribution in [1.29, 1.82) is 0 Å². The van der Waals surface area contributed by atoms with Crippen LogP contribution in [0.2, 0.25) is 0 Å². The van der Waals surface area contributed by atoms with E-state index >= 15 is 0 Å². The first-order chi connectivity index (χ1) is 14.4. The molecule has 0 bridgehead atoms. The van der Waals surface area contributed by atoms with Crippen LogP contribution in [-0.4, -0.2) is 29.0 Å². The highest BCUT2D eigenvalue weighted by atomic mass is 32.1. The molecule has 0 saturated carbocycles. The minimum absolute atomic E-state index is 0.0199. The van der Waals surface area contributed by atoms with Gasteiger partial charge < -0.3 is 14.9 Å². The van der Waals surface area contributed by atoms with Crippen LogP contribution < -0.4 is 9.64 Å². The smallest absolute Gasteiger partial charge is 0.300 e. The summed E-state index contributed by atoms with van der Waals surface area (Å²) in [6.07, 6.45) is 0. The predicted octanol–water partition coefficient (Wildman–Crippen LogP) is 4.40. The summed E-state index contributed by atoms with van der Waals surface area (Å²) in [4.78, 5) is 28.0. The molecule has 30 heavy (non-hydrogen) atoms. The largest absolute Gasteiger partial charge is 0.507 e. The molecule has 2 N–H and O–H groups in total. The number of aromatic hydroxyl groups is 1. The minimum Gasteiger partial charge on any atom is -0.507 e. The summed E-state index contributed by atoms with van der Waals surface area (Å²) in [6.45, 7) is 1.83. The molecule has 1 aliphatic rings. The number of ketones is 1. The second-order valence-electron chi connectivity index (χ2n) is 6.91. The van der Waals surface area contributed by atoms with Crippen LogP contribution in [0.5, 0.6) is 11.5 Å². The van der Waals surface area contributed by atoms with Crippen LogP contribution in [-0.2, 0) is 9.59 Å². The Hall–Kier alpha value is -3.58. The van der Waals surface area contributed by atoms with Crippen LogP contribution in [0.4, 0.5) is 5.69 Å². The van der Waals surface area contributed by atoms with Gasteiger partial charge in [0.15, 0.2) is 0 Å². The van der Waals surface area contributed by atoms with Crippen molar-refractivity contribution in [3.8, 4) is 11.5 Å². The van der Waals surface area contributed by atoms with Crippen molar-refractivity contribution in [2.45, 2.75) is 13.0 Å². The molecule has 0 spiro atoms. The highest BCUT2D eigenvalue weighted by Crippen LogP contribution is 2.46. The lowest BCUT2D eigenvalue weighted by molar-refractivity contribution is -0.132. The normalized spacial score (nSPS) is 18.1. The summed E-state index contributed by atoms with van der Waals surface area (Å²) in [5.74, 6) is -1.39. The van der Waals surface area contributed by atoms with Crippen molar-refractivity contribution in [1.82, 2.24) is 0 Å². The molecule has 4 rings (SSSR count). The van der Waals surface area contributed by atoms with E-state index in [9.17, 15) is 19.8 Å². The summed E-state index contributed by atoms with van der Waals surface area (Å²) < 4.78 is 5.14. The van der Waals surface area contributed by atoms with Gasteiger partial charge in [0.1, 0.15) is 23.3 Å². The first kappa shape index (κ1) is 19.7. The average molecular weight is 421 g/mol. The number of benzene rings is 2. The van der Waals surface area contributed by atoms with E-state index in [-0.39, 0.29) is 22.8 Å².